The molecule has 1 fully saturated rings. The van der Waals surface area contributed by atoms with Crippen molar-refractivity contribution in [2.75, 3.05) is 39.8 Å². The molecule has 0 N–H and O–H groups in total. The first kappa shape index (κ1) is 25.6. The largest absolute Gasteiger partial charge is 0.497 e. The highest BCUT2D eigenvalue weighted by Crippen LogP contribution is 2.41. The molecular weight excluding hydrogens is 488 g/mol. The second-order valence-corrected chi connectivity index (χ2v) is 10.9. The summed E-state index contributed by atoms with van der Waals surface area (Å²) in [6.07, 6.45) is 6.10. The maximum Gasteiger partial charge on any atom is 0.325 e. The number of hydrogen-bond acceptors (Lipinski definition) is 5. The van der Waals surface area contributed by atoms with E-state index in [1.807, 2.05) is 52.4 Å². The number of amides is 2. The smallest absolute Gasteiger partial charge is 0.325 e. The van der Waals surface area contributed by atoms with Crippen molar-refractivity contribution in [3.8, 4) is 11.5 Å². The number of carbonyl (C=O) groups is 1. The lowest BCUT2D eigenvalue weighted by atomic mass is 9.84. The highest BCUT2D eigenvalue weighted by molar-refractivity contribution is 6.31. The number of nitrogens with zero attached hydrogens (tertiary/aromatic N) is 4. The van der Waals surface area contributed by atoms with Gasteiger partial charge in [-0.2, -0.15) is 0 Å². The van der Waals surface area contributed by atoms with E-state index in [9.17, 15) is 4.79 Å². The van der Waals surface area contributed by atoms with Crippen LogP contribution in [0.15, 0.2) is 42.6 Å². The van der Waals surface area contributed by atoms with Crippen molar-refractivity contribution in [2.24, 2.45) is 5.92 Å². The molecule has 5 rings (SSSR count). The maximum absolute atomic E-state index is 14.2. The van der Waals surface area contributed by atoms with E-state index in [2.05, 4.69) is 19.0 Å². The van der Waals surface area contributed by atoms with Gasteiger partial charge in [-0.1, -0.05) is 11.6 Å². The minimum Gasteiger partial charge on any atom is -0.497 e. The minimum absolute atomic E-state index is 0.0221. The molecule has 196 valence electrons. The highest BCUT2D eigenvalue weighted by atomic mass is 35.5. The lowest BCUT2D eigenvalue weighted by molar-refractivity contribution is 0.184. The Bertz CT molecular complexity index is 1290. The van der Waals surface area contributed by atoms with Gasteiger partial charge >= 0.3 is 6.03 Å². The molecule has 0 atom stereocenters. The fourth-order valence-corrected chi connectivity index (χ4v) is 6.04. The number of anilines is 1. The number of halogens is 1. The standard InChI is InChI=1S/C29H35ClN4O3/c1-32(2)16-19-5-9-23(10-6-19)34-28-21(15-31-26-12-8-22(30)13-25(26)28)18-33(29(34)35)17-20-7-11-24(36-3)14-27(20)37-4/h7-8,11-15,19,23H,5-6,9-10,16-18H2,1-4H3/t19-,23-. The van der Waals surface area contributed by atoms with Gasteiger partial charge in [0.2, 0.25) is 0 Å². The zero-order valence-corrected chi connectivity index (χ0v) is 22.8. The van der Waals surface area contributed by atoms with E-state index < -0.39 is 0 Å². The molecule has 2 aromatic carbocycles. The van der Waals surface area contributed by atoms with Crippen molar-refractivity contribution in [1.82, 2.24) is 14.8 Å². The Labute approximate surface area is 223 Å². The van der Waals surface area contributed by atoms with Gasteiger partial charge in [-0.15, -0.1) is 0 Å². The van der Waals surface area contributed by atoms with Crippen LogP contribution >= 0.6 is 11.6 Å². The van der Waals surface area contributed by atoms with Crippen molar-refractivity contribution in [3.63, 3.8) is 0 Å². The van der Waals surface area contributed by atoms with Gasteiger partial charge in [0.15, 0.2) is 0 Å². The first-order valence-electron chi connectivity index (χ1n) is 12.9. The molecule has 1 aliphatic heterocycles. The van der Waals surface area contributed by atoms with E-state index in [0.29, 0.717) is 29.8 Å². The van der Waals surface area contributed by atoms with Crippen LogP contribution in [0, 0.1) is 5.92 Å². The number of hydrogen-bond donors (Lipinski definition) is 0. The van der Waals surface area contributed by atoms with E-state index in [0.717, 1.165) is 65.7 Å². The summed E-state index contributed by atoms with van der Waals surface area (Å²) in [5, 5.41) is 1.59. The third kappa shape index (κ3) is 5.20. The van der Waals surface area contributed by atoms with Crippen LogP contribution in [0.25, 0.3) is 10.9 Å². The van der Waals surface area contributed by atoms with Gasteiger partial charge in [-0.25, -0.2) is 4.79 Å². The zero-order valence-electron chi connectivity index (χ0n) is 22.0. The molecule has 0 saturated heterocycles. The molecule has 2 amide bonds. The number of aromatic nitrogens is 1. The molecule has 1 saturated carbocycles. The molecule has 3 aromatic rings. The first-order valence-corrected chi connectivity index (χ1v) is 13.3. The average molecular weight is 523 g/mol. The summed E-state index contributed by atoms with van der Waals surface area (Å²) in [6.45, 7) is 2.00. The molecule has 0 bridgehead atoms. The minimum atomic E-state index is 0.0221. The fourth-order valence-electron chi connectivity index (χ4n) is 5.87. The summed E-state index contributed by atoms with van der Waals surface area (Å²) in [6, 6.07) is 11.6. The second-order valence-electron chi connectivity index (χ2n) is 10.4. The van der Waals surface area contributed by atoms with Crippen LogP contribution in [-0.4, -0.2) is 61.7 Å². The van der Waals surface area contributed by atoms with Crippen molar-refractivity contribution in [1.29, 1.82) is 0 Å². The number of fused-ring (bicyclic) bond motifs is 3. The lowest BCUT2D eigenvalue weighted by Gasteiger charge is -2.44. The predicted octanol–water partition coefficient (Wildman–Crippen LogP) is 5.97. The molecule has 7 nitrogen and oxygen atoms in total. The Kier molecular flexibility index (Phi) is 7.45. The summed E-state index contributed by atoms with van der Waals surface area (Å²) in [7, 11) is 7.54. The van der Waals surface area contributed by atoms with Crippen LogP contribution in [0.2, 0.25) is 5.02 Å². The number of benzene rings is 2. The van der Waals surface area contributed by atoms with Crippen LogP contribution in [-0.2, 0) is 13.1 Å². The fraction of sp³-hybridized carbons (Fsp3) is 0.448. The van der Waals surface area contributed by atoms with E-state index >= 15 is 0 Å². The number of ether oxygens (including phenoxy) is 2. The first-order chi connectivity index (χ1) is 17.9. The molecule has 1 aromatic heterocycles. The van der Waals surface area contributed by atoms with Gasteiger partial charge in [0, 0.05) is 46.4 Å². The van der Waals surface area contributed by atoms with E-state index in [1.165, 1.54) is 0 Å². The van der Waals surface area contributed by atoms with Crippen molar-refractivity contribution >= 4 is 34.2 Å². The molecule has 0 spiro atoms. The van der Waals surface area contributed by atoms with Gasteiger partial charge in [-0.3, -0.25) is 9.88 Å². The van der Waals surface area contributed by atoms with Gasteiger partial charge < -0.3 is 19.3 Å². The predicted molar refractivity (Wildman–Crippen MR) is 148 cm³/mol. The van der Waals surface area contributed by atoms with Crippen LogP contribution < -0.4 is 14.4 Å². The van der Waals surface area contributed by atoms with Crippen molar-refractivity contribution in [2.45, 2.75) is 44.8 Å². The Hall–Kier alpha value is -3.03. The summed E-state index contributed by atoms with van der Waals surface area (Å²) in [4.78, 5) is 25.1. The Balaban J connectivity index is 1.52. The maximum atomic E-state index is 14.2. The molecule has 0 unspecified atom stereocenters. The van der Waals surface area contributed by atoms with Crippen LogP contribution in [0.1, 0.15) is 36.8 Å². The molecule has 37 heavy (non-hydrogen) atoms. The Morgan fingerprint density at radius 1 is 1.05 bits per heavy atom. The average Bonchev–Trinajstić information content (AvgIpc) is 2.89. The molecule has 2 aliphatic rings. The molecule has 2 heterocycles. The number of carbonyl (C=O) groups excluding carboxylic acids is 1. The van der Waals surface area contributed by atoms with Crippen molar-refractivity contribution in [3.05, 3.63) is 58.7 Å². The molecule has 8 heteroatoms. The number of pyridine rings is 1. The summed E-state index contributed by atoms with van der Waals surface area (Å²) >= 11 is 6.42. The quantitative estimate of drug-likeness (QED) is 0.383. The summed E-state index contributed by atoms with van der Waals surface area (Å²) in [5.41, 5.74) is 3.79. The summed E-state index contributed by atoms with van der Waals surface area (Å²) in [5.74, 6) is 2.09. The van der Waals surface area contributed by atoms with Gasteiger partial charge in [0.1, 0.15) is 11.5 Å². The normalized spacial score (nSPS) is 19.9. The number of urea groups is 1. The third-order valence-electron chi connectivity index (χ3n) is 7.62. The monoisotopic (exact) mass is 522 g/mol. The number of methoxy groups -OCH3 is 2. The topological polar surface area (TPSA) is 58.1 Å². The Morgan fingerprint density at radius 3 is 2.54 bits per heavy atom. The number of rotatable bonds is 7. The van der Waals surface area contributed by atoms with Gasteiger partial charge in [0.05, 0.1) is 38.5 Å². The Morgan fingerprint density at radius 2 is 1.84 bits per heavy atom. The zero-order chi connectivity index (χ0) is 26.1. The lowest BCUT2D eigenvalue weighted by Crippen LogP contribution is -2.52. The molecule has 0 radical (unpaired) electrons. The SMILES string of the molecule is COc1ccc(CN2Cc3cnc4ccc(Cl)cc4c3N([C@H]3CC[C@H](CN(C)C)CC3)C2=O)c(OC)c1. The molecular formula is C29H35ClN4O3. The van der Waals surface area contributed by atoms with Crippen LogP contribution in [0.3, 0.4) is 0 Å². The second kappa shape index (κ2) is 10.8. The van der Waals surface area contributed by atoms with E-state index in [-0.39, 0.29) is 12.1 Å². The van der Waals surface area contributed by atoms with Gasteiger partial charge in [0.25, 0.3) is 0 Å². The third-order valence-corrected chi connectivity index (χ3v) is 7.85. The van der Waals surface area contributed by atoms with Crippen LogP contribution in [0.5, 0.6) is 11.5 Å². The van der Waals surface area contributed by atoms with Crippen molar-refractivity contribution < 1.29 is 14.3 Å². The summed E-state index contributed by atoms with van der Waals surface area (Å²) < 4.78 is 11.0. The highest BCUT2D eigenvalue weighted by Gasteiger charge is 2.38. The molecule has 1 aliphatic carbocycles. The van der Waals surface area contributed by atoms with Crippen LogP contribution in [0.4, 0.5) is 10.5 Å². The van der Waals surface area contributed by atoms with E-state index in [1.54, 1.807) is 14.2 Å². The van der Waals surface area contributed by atoms with E-state index in [4.69, 9.17) is 26.1 Å². The van der Waals surface area contributed by atoms with Gasteiger partial charge in [-0.05, 0) is 76.0 Å².